The van der Waals surface area contributed by atoms with Gasteiger partial charge in [0.1, 0.15) is 28.5 Å². The predicted octanol–water partition coefficient (Wildman–Crippen LogP) is 3.38. The van der Waals surface area contributed by atoms with E-state index in [0.717, 1.165) is 25.1 Å². The van der Waals surface area contributed by atoms with E-state index in [1.54, 1.807) is 18.3 Å². The van der Waals surface area contributed by atoms with Crippen LogP contribution < -0.4 is 4.90 Å². The number of phenolic OH excluding ortho intramolecular Hbond substituents is 1. The van der Waals surface area contributed by atoms with Crippen molar-refractivity contribution in [2.24, 2.45) is 4.99 Å². The molecule has 1 aromatic heterocycles. The summed E-state index contributed by atoms with van der Waals surface area (Å²) in [7, 11) is 2.14. The van der Waals surface area contributed by atoms with E-state index in [2.05, 4.69) is 12.0 Å². The maximum atomic E-state index is 12.9. The van der Waals surface area contributed by atoms with E-state index in [1.165, 1.54) is 27.2 Å². The lowest BCUT2D eigenvalue weighted by Crippen LogP contribution is -3.08. The Hall–Kier alpha value is -1.89. The van der Waals surface area contributed by atoms with Crippen LogP contribution in [0.4, 0.5) is 5.00 Å². The highest BCUT2D eigenvalue weighted by atomic mass is 35.5. The molecule has 0 radical (unpaired) electrons. The first-order chi connectivity index (χ1) is 12.6. The van der Waals surface area contributed by atoms with Crippen molar-refractivity contribution in [3.63, 3.8) is 0 Å². The second-order valence-corrected chi connectivity index (χ2v) is 9.30. The molecule has 5 nitrogen and oxygen atoms in total. The summed E-state index contributed by atoms with van der Waals surface area (Å²) in [6.07, 6.45) is 2.37. The van der Waals surface area contributed by atoms with Crippen LogP contribution in [0.2, 0.25) is 5.02 Å². The van der Waals surface area contributed by atoms with Gasteiger partial charge in [-0.2, -0.15) is 0 Å². The standard InChI is InChI=1S/C20H23ClN2O3S/c1-20(2,3)26-19(25)17-14-7-8-23(4)11-16(14)27-18(17)22-10-12-9-13(21)5-6-15(12)24/h5-6,9-10,24H,7-8,11H2,1-4H3/p+1/b22-10+. The normalized spacial score (nSPS) is 17.1. The third kappa shape index (κ3) is 4.69. The number of ether oxygens (including phenoxy) is 1. The van der Waals surface area contributed by atoms with E-state index in [4.69, 9.17) is 16.3 Å². The van der Waals surface area contributed by atoms with Gasteiger partial charge < -0.3 is 14.7 Å². The van der Waals surface area contributed by atoms with Gasteiger partial charge in [0.15, 0.2) is 0 Å². The molecule has 2 aromatic rings. The number of benzene rings is 1. The lowest BCUT2D eigenvalue weighted by Gasteiger charge is -2.22. The molecule has 1 aliphatic heterocycles. The molecule has 0 bridgehead atoms. The van der Waals surface area contributed by atoms with E-state index >= 15 is 0 Å². The van der Waals surface area contributed by atoms with E-state index in [-0.39, 0.29) is 11.7 Å². The number of aliphatic imine (C=N–C) groups is 1. The van der Waals surface area contributed by atoms with Crippen LogP contribution in [0.3, 0.4) is 0 Å². The summed E-state index contributed by atoms with van der Waals surface area (Å²) in [5.74, 6) is -0.255. The predicted molar refractivity (Wildman–Crippen MR) is 109 cm³/mol. The highest BCUT2D eigenvalue weighted by molar-refractivity contribution is 7.16. The number of carbonyl (C=O) groups is 1. The Labute approximate surface area is 168 Å². The number of carbonyl (C=O) groups excluding carboxylic acids is 1. The highest BCUT2D eigenvalue weighted by Crippen LogP contribution is 2.38. The molecule has 2 heterocycles. The molecule has 0 saturated heterocycles. The van der Waals surface area contributed by atoms with Crippen LogP contribution in [-0.4, -0.2) is 36.5 Å². The Bertz CT molecular complexity index is 899. The number of esters is 1. The molecular formula is C20H24ClN2O3S+. The van der Waals surface area contributed by atoms with Gasteiger partial charge in [-0.05, 0) is 44.5 Å². The topological polar surface area (TPSA) is 63.3 Å². The van der Waals surface area contributed by atoms with Crippen molar-refractivity contribution < 1.29 is 19.5 Å². The van der Waals surface area contributed by atoms with Crippen molar-refractivity contribution in [2.45, 2.75) is 39.3 Å². The maximum absolute atomic E-state index is 12.9. The number of hydrogen-bond acceptors (Lipinski definition) is 5. The summed E-state index contributed by atoms with van der Waals surface area (Å²) in [5.41, 5.74) is 1.53. The molecule has 144 valence electrons. The summed E-state index contributed by atoms with van der Waals surface area (Å²) >= 11 is 7.52. The van der Waals surface area contributed by atoms with Gasteiger partial charge in [-0.1, -0.05) is 11.6 Å². The van der Waals surface area contributed by atoms with Crippen LogP contribution in [0.5, 0.6) is 5.75 Å². The summed E-state index contributed by atoms with van der Waals surface area (Å²) in [4.78, 5) is 20.0. The van der Waals surface area contributed by atoms with Gasteiger partial charge in [-0.15, -0.1) is 11.3 Å². The minimum Gasteiger partial charge on any atom is -0.507 e. The fourth-order valence-corrected chi connectivity index (χ4v) is 4.47. The molecule has 2 N–H and O–H groups in total. The van der Waals surface area contributed by atoms with Gasteiger partial charge >= 0.3 is 5.97 Å². The monoisotopic (exact) mass is 407 g/mol. The van der Waals surface area contributed by atoms with E-state index in [0.29, 0.717) is 21.2 Å². The summed E-state index contributed by atoms with van der Waals surface area (Å²) in [5, 5.41) is 11.1. The Morgan fingerprint density at radius 2 is 2.15 bits per heavy atom. The molecule has 1 unspecified atom stereocenters. The fraction of sp³-hybridized carbons (Fsp3) is 0.400. The Balaban J connectivity index is 2.02. The zero-order chi connectivity index (χ0) is 19.8. The first-order valence-corrected chi connectivity index (χ1v) is 10.1. The summed E-state index contributed by atoms with van der Waals surface area (Å²) < 4.78 is 5.63. The first kappa shape index (κ1) is 19.9. The molecule has 27 heavy (non-hydrogen) atoms. The number of hydrogen-bond donors (Lipinski definition) is 2. The molecule has 3 rings (SSSR count). The van der Waals surface area contributed by atoms with E-state index in [1.807, 2.05) is 20.8 Å². The molecule has 1 atom stereocenters. The van der Waals surface area contributed by atoms with E-state index < -0.39 is 5.60 Å². The van der Waals surface area contributed by atoms with Gasteiger partial charge in [0.05, 0.1) is 18.5 Å². The van der Waals surface area contributed by atoms with E-state index in [9.17, 15) is 9.90 Å². The smallest absolute Gasteiger partial charge is 0.342 e. The van der Waals surface area contributed by atoms with Crippen LogP contribution in [0.25, 0.3) is 0 Å². The quantitative estimate of drug-likeness (QED) is 0.605. The SMILES string of the molecule is C[NH+]1CCc2c(sc(/N=C/c3cc(Cl)ccc3O)c2C(=O)OC(C)(C)C)C1. The highest BCUT2D eigenvalue weighted by Gasteiger charge is 2.31. The van der Waals surface area contributed by atoms with Gasteiger partial charge in [0.2, 0.25) is 0 Å². The van der Waals surface area contributed by atoms with Gasteiger partial charge in [-0.25, -0.2) is 9.79 Å². The second kappa shape index (κ2) is 7.62. The van der Waals surface area contributed by atoms with Crippen LogP contribution in [-0.2, 0) is 17.7 Å². The van der Waals surface area contributed by atoms with Crippen LogP contribution in [0, 0.1) is 0 Å². The summed E-state index contributed by atoms with van der Waals surface area (Å²) in [6, 6.07) is 4.78. The largest absolute Gasteiger partial charge is 0.507 e. The zero-order valence-electron chi connectivity index (χ0n) is 15.9. The van der Waals surface area contributed by atoms with Crippen molar-refractivity contribution in [1.82, 2.24) is 0 Å². The number of fused-ring (bicyclic) bond motifs is 1. The molecule has 0 amide bonds. The average molecular weight is 408 g/mol. The first-order valence-electron chi connectivity index (χ1n) is 8.86. The molecule has 0 spiro atoms. The Morgan fingerprint density at radius 1 is 1.41 bits per heavy atom. The molecule has 1 aliphatic rings. The maximum Gasteiger partial charge on any atom is 0.342 e. The van der Waals surface area contributed by atoms with Crippen molar-refractivity contribution in [3.8, 4) is 5.75 Å². The number of aromatic hydroxyl groups is 1. The summed E-state index contributed by atoms with van der Waals surface area (Å²) in [6.45, 7) is 7.41. The number of phenols is 1. The number of quaternary nitrogens is 1. The lowest BCUT2D eigenvalue weighted by molar-refractivity contribution is -0.895. The Kier molecular flexibility index (Phi) is 5.60. The second-order valence-electron chi connectivity index (χ2n) is 7.78. The molecule has 0 saturated carbocycles. The number of thiophene rings is 1. The number of halogens is 1. The molecule has 0 fully saturated rings. The van der Waals surface area contributed by atoms with Gasteiger partial charge in [0, 0.05) is 23.2 Å². The zero-order valence-corrected chi connectivity index (χ0v) is 17.5. The van der Waals surface area contributed by atoms with Crippen molar-refractivity contribution >= 4 is 40.1 Å². The number of likely N-dealkylation sites (N-methyl/N-ethyl adjacent to an activating group) is 1. The number of rotatable bonds is 3. The minimum absolute atomic E-state index is 0.0902. The number of nitrogens with one attached hydrogen (secondary N) is 1. The third-order valence-electron chi connectivity index (χ3n) is 4.25. The van der Waals surface area contributed by atoms with Crippen LogP contribution in [0.15, 0.2) is 23.2 Å². The molecule has 7 heteroatoms. The average Bonchev–Trinajstić information content (AvgIpc) is 2.91. The lowest BCUT2D eigenvalue weighted by atomic mass is 10.0. The van der Waals surface area contributed by atoms with Crippen molar-refractivity contribution in [3.05, 3.63) is 44.8 Å². The third-order valence-corrected chi connectivity index (χ3v) is 5.62. The van der Waals surface area contributed by atoms with Crippen molar-refractivity contribution in [2.75, 3.05) is 13.6 Å². The van der Waals surface area contributed by atoms with Crippen molar-refractivity contribution in [1.29, 1.82) is 0 Å². The molecule has 0 aliphatic carbocycles. The molecular weight excluding hydrogens is 384 g/mol. The van der Waals surface area contributed by atoms with Crippen LogP contribution >= 0.6 is 22.9 Å². The molecule has 1 aromatic carbocycles. The fourth-order valence-electron chi connectivity index (χ4n) is 2.99. The minimum atomic E-state index is -0.575. The number of nitrogens with zero attached hydrogens (tertiary/aromatic N) is 1. The van der Waals surface area contributed by atoms with Crippen LogP contribution in [0.1, 0.15) is 47.1 Å². The van der Waals surface area contributed by atoms with Gasteiger partial charge in [0.25, 0.3) is 0 Å². The Morgan fingerprint density at radius 3 is 2.85 bits per heavy atom. The van der Waals surface area contributed by atoms with Gasteiger partial charge in [-0.3, -0.25) is 0 Å².